The molecule has 0 unspecified atom stereocenters. The standard InChI is InChI=1S/C17H12F6N2O3/c18-16(19,20)10-24(9-12-4-1-2-7-14(12)25(27)28)15(26)11-5-3-6-13(8-11)17(21,22)23/h1-8H,9-10H2. The number of amides is 1. The smallest absolute Gasteiger partial charge is 0.325 e. The van der Waals surface area contributed by atoms with Gasteiger partial charge in [0.1, 0.15) is 6.54 Å². The Hall–Kier alpha value is -3.11. The lowest BCUT2D eigenvalue weighted by atomic mass is 10.1. The van der Waals surface area contributed by atoms with Gasteiger partial charge in [-0.1, -0.05) is 24.3 Å². The van der Waals surface area contributed by atoms with E-state index in [0.29, 0.717) is 12.1 Å². The van der Waals surface area contributed by atoms with Gasteiger partial charge in [-0.2, -0.15) is 26.3 Å². The van der Waals surface area contributed by atoms with Crippen LogP contribution in [0.2, 0.25) is 0 Å². The van der Waals surface area contributed by atoms with E-state index in [2.05, 4.69) is 0 Å². The number of nitrogens with zero attached hydrogens (tertiary/aromatic N) is 2. The van der Waals surface area contributed by atoms with E-state index >= 15 is 0 Å². The number of nitro groups is 1. The molecule has 11 heteroatoms. The Morgan fingerprint density at radius 1 is 1.00 bits per heavy atom. The summed E-state index contributed by atoms with van der Waals surface area (Å²) in [6.07, 6.45) is -9.65. The zero-order valence-corrected chi connectivity index (χ0v) is 13.9. The fraction of sp³-hybridized carbons (Fsp3) is 0.235. The van der Waals surface area contributed by atoms with Gasteiger partial charge < -0.3 is 4.90 Å². The molecule has 2 aromatic carbocycles. The van der Waals surface area contributed by atoms with Crippen LogP contribution >= 0.6 is 0 Å². The zero-order valence-electron chi connectivity index (χ0n) is 13.9. The summed E-state index contributed by atoms with van der Waals surface area (Å²) >= 11 is 0. The largest absolute Gasteiger partial charge is 0.416 e. The fourth-order valence-electron chi connectivity index (χ4n) is 2.46. The number of halogens is 6. The first-order chi connectivity index (χ1) is 12.9. The Morgan fingerprint density at radius 3 is 2.21 bits per heavy atom. The molecule has 0 aromatic heterocycles. The molecular weight excluding hydrogens is 394 g/mol. The molecule has 2 rings (SSSR count). The Bertz CT molecular complexity index is 880. The maximum Gasteiger partial charge on any atom is 0.416 e. The number of carbonyl (C=O) groups excluding carboxylic acids is 1. The van der Waals surface area contributed by atoms with Crippen molar-refractivity contribution in [2.75, 3.05) is 6.54 Å². The summed E-state index contributed by atoms with van der Waals surface area (Å²) in [5.74, 6) is -1.33. The normalized spacial score (nSPS) is 11.9. The van der Waals surface area contributed by atoms with E-state index in [-0.39, 0.29) is 10.5 Å². The van der Waals surface area contributed by atoms with E-state index in [1.807, 2.05) is 0 Å². The number of hydrogen-bond acceptors (Lipinski definition) is 3. The highest BCUT2D eigenvalue weighted by molar-refractivity contribution is 5.94. The number of alkyl halides is 6. The Balaban J connectivity index is 2.42. The first kappa shape index (κ1) is 21.2. The van der Waals surface area contributed by atoms with Gasteiger partial charge in [0.2, 0.25) is 0 Å². The van der Waals surface area contributed by atoms with Gasteiger partial charge in [0.15, 0.2) is 0 Å². The van der Waals surface area contributed by atoms with Gasteiger partial charge in [0, 0.05) is 17.2 Å². The zero-order chi connectivity index (χ0) is 21.1. The lowest BCUT2D eigenvalue weighted by Gasteiger charge is -2.24. The summed E-state index contributed by atoms with van der Waals surface area (Å²) in [5.41, 5.74) is -2.50. The van der Waals surface area contributed by atoms with Crippen molar-refractivity contribution in [3.63, 3.8) is 0 Å². The summed E-state index contributed by atoms with van der Waals surface area (Å²) in [6.45, 7) is -2.58. The van der Waals surface area contributed by atoms with Crippen molar-refractivity contribution in [2.24, 2.45) is 0 Å². The molecule has 1 amide bonds. The van der Waals surface area contributed by atoms with Crippen LogP contribution in [0.3, 0.4) is 0 Å². The summed E-state index contributed by atoms with van der Waals surface area (Å²) in [5, 5.41) is 11.0. The Labute approximate surface area is 154 Å². The molecule has 0 heterocycles. The van der Waals surface area contributed by atoms with Gasteiger partial charge in [-0.15, -0.1) is 0 Å². The van der Waals surface area contributed by atoms with E-state index in [4.69, 9.17) is 0 Å². The van der Waals surface area contributed by atoms with Crippen molar-refractivity contribution in [1.29, 1.82) is 0 Å². The maximum absolute atomic E-state index is 12.9. The molecule has 0 aliphatic carbocycles. The summed E-state index contributed by atoms with van der Waals surface area (Å²) in [6, 6.07) is 7.80. The predicted octanol–water partition coefficient (Wildman–Crippen LogP) is 4.82. The van der Waals surface area contributed by atoms with Crippen LogP contribution in [-0.2, 0) is 12.7 Å². The van der Waals surface area contributed by atoms with E-state index < -0.39 is 53.1 Å². The molecule has 0 aliphatic heterocycles. The minimum atomic E-state index is -4.86. The molecule has 0 fully saturated rings. The van der Waals surface area contributed by atoms with E-state index in [9.17, 15) is 41.3 Å². The number of rotatable bonds is 5. The average Bonchev–Trinajstić information content (AvgIpc) is 2.59. The number of para-hydroxylation sites is 1. The van der Waals surface area contributed by atoms with Gasteiger partial charge in [-0.25, -0.2) is 0 Å². The fourth-order valence-corrected chi connectivity index (χ4v) is 2.46. The predicted molar refractivity (Wildman–Crippen MR) is 85.3 cm³/mol. The van der Waals surface area contributed by atoms with Crippen molar-refractivity contribution in [3.05, 3.63) is 75.3 Å². The lowest BCUT2D eigenvalue weighted by Crippen LogP contribution is -2.38. The third-order valence-electron chi connectivity index (χ3n) is 3.64. The third-order valence-corrected chi connectivity index (χ3v) is 3.64. The molecule has 0 saturated carbocycles. The highest BCUT2D eigenvalue weighted by Gasteiger charge is 2.35. The van der Waals surface area contributed by atoms with Crippen LogP contribution in [0, 0.1) is 10.1 Å². The summed E-state index contributed by atoms with van der Waals surface area (Å²) < 4.78 is 77.2. The van der Waals surface area contributed by atoms with Crippen LogP contribution in [0.25, 0.3) is 0 Å². The van der Waals surface area contributed by atoms with Crippen LogP contribution in [0.5, 0.6) is 0 Å². The van der Waals surface area contributed by atoms with E-state index in [1.165, 1.54) is 18.2 Å². The van der Waals surface area contributed by atoms with Gasteiger partial charge in [0.05, 0.1) is 17.0 Å². The number of benzene rings is 2. The lowest BCUT2D eigenvalue weighted by molar-refractivity contribution is -0.385. The molecule has 0 atom stereocenters. The molecular formula is C17H12F6N2O3. The van der Waals surface area contributed by atoms with E-state index in [1.54, 1.807) is 0 Å². The summed E-state index contributed by atoms with van der Waals surface area (Å²) in [7, 11) is 0. The second-order valence-corrected chi connectivity index (χ2v) is 5.74. The molecule has 0 radical (unpaired) electrons. The van der Waals surface area contributed by atoms with Crippen molar-refractivity contribution in [2.45, 2.75) is 18.9 Å². The monoisotopic (exact) mass is 406 g/mol. The van der Waals surface area contributed by atoms with Crippen molar-refractivity contribution < 1.29 is 36.1 Å². The highest BCUT2D eigenvalue weighted by atomic mass is 19.4. The molecule has 0 N–H and O–H groups in total. The molecule has 28 heavy (non-hydrogen) atoms. The highest BCUT2D eigenvalue weighted by Crippen LogP contribution is 2.30. The topological polar surface area (TPSA) is 63.5 Å². The first-order valence-corrected chi connectivity index (χ1v) is 7.64. The van der Waals surface area contributed by atoms with Crippen LogP contribution in [0.1, 0.15) is 21.5 Å². The number of hydrogen-bond donors (Lipinski definition) is 0. The van der Waals surface area contributed by atoms with Crippen molar-refractivity contribution >= 4 is 11.6 Å². The van der Waals surface area contributed by atoms with E-state index in [0.717, 1.165) is 18.2 Å². The molecule has 5 nitrogen and oxygen atoms in total. The molecule has 0 aliphatic rings. The van der Waals surface area contributed by atoms with Crippen molar-refractivity contribution in [1.82, 2.24) is 4.90 Å². The van der Waals surface area contributed by atoms with Crippen LogP contribution in [0.4, 0.5) is 32.0 Å². The van der Waals surface area contributed by atoms with Crippen molar-refractivity contribution in [3.8, 4) is 0 Å². The van der Waals surface area contributed by atoms with Gasteiger partial charge in [-0.05, 0) is 18.2 Å². The minimum Gasteiger partial charge on any atom is -0.325 e. The van der Waals surface area contributed by atoms with Gasteiger partial charge >= 0.3 is 12.4 Å². The first-order valence-electron chi connectivity index (χ1n) is 7.64. The Kier molecular flexibility index (Phi) is 5.95. The average molecular weight is 406 g/mol. The van der Waals surface area contributed by atoms with Gasteiger partial charge in [0.25, 0.3) is 11.6 Å². The second kappa shape index (κ2) is 7.87. The maximum atomic E-state index is 12.9. The number of nitro benzene ring substituents is 1. The number of carbonyl (C=O) groups is 1. The quantitative estimate of drug-likeness (QED) is 0.406. The van der Waals surface area contributed by atoms with Crippen LogP contribution in [0.15, 0.2) is 48.5 Å². The molecule has 150 valence electrons. The van der Waals surface area contributed by atoms with Gasteiger partial charge in [-0.3, -0.25) is 14.9 Å². The van der Waals surface area contributed by atoms with Crippen LogP contribution in [-0.4, -0.2) is 28.5 Å². The second-order valence-electron chi connectivity index (χ2n) is 5.74. The van der Waals surface area contributed by atoms with Crippen LogP contribution < -0.4 is 0 Å². The SMILES string of the molecule is O=C(c1cccc(C(F)(F)F)c1)N(Cc1ccccc1[N+](=O)[O-])CC(F)(F)F. The minimum absolute atomic E-state index is 0.183. The molecule has 0 saturated heterocycles. The molecule has 0 spiro atoms. The third kappa shape index (κ3) is 5.44. The molecule has 2 aromatic rings. The summed E-state index contributed by atoms with van der Waals surface area (Å²) in [4.78, 5) is 22.9. The Morgan fingerprint density at radius 2 is 1.64 bits per heavy atom. The molecule has 0 bridgehead atoms.